The number of nitrogens with zero attached hydrogens (tertiary/aromatic N) is 5. The number of aromatic nitrogens is 2. The Bertz CT molecular complexity index is 1940. The summed E-state index contributed by atoms with van der Waals surface area (Å²) in [6.45, 7) is 14.7. The lowest BCUT2D eigenvalue weighted by Gasteiger charge is -2.08. The van der Waals surface area contributed by atoms with Gasteiger partial charge in [-0.2, -0.15) is 0 Å². The fourth-order valence-corrected chi connectivity index (χ4v) is 5.67. The fraction of sp³-hybridized carbons (Fsp3) is 0. The van der Waals surface area contributed by atoms with E-state index in [-0.39, 0.29) is 17.1 Å². The van der Waals surface area contributed by atoms with E-state index in [0.717, 1.165) is 26.5 Å². The Hall–Kier alpha value is -5.55. The van der Waals surface area contributed by atoms with Crippen molar-refractivity contribution < 1.29 is 4.79 Å². The van der Waals surface area contributed by atoms with Gasteiger partial charge in [-0.15, -0.1) is 11.3 Å². The van der Waals surface area contributed by atoms with E-state index in [4.69, 9.17) is 18.1 Å². The molecule has 0 spiro atoms. The van der Waals surface area contributed by atoms with Gasteiger partial charge in [0.2, 0.25) is 0 Å². The minimum atomic E-state index is -0.237. The van der Waals surface area contributed by atoms with Crippen molar-refractivity contribution >= 4 is 44.8 Å². The summed E-state index contributed by atoms with van der Waals surface area (Å²) in [7, 11) is 0. The predicted octanol–water partition coefficient (Wildman–Crippen LogP) is 7.74. The first-order valence-electron chi connectivity index (χ1n) is 11.6. The van der Waals surface area contributed by atoms with Crippen LogP contribution in [-0.4, -0.2) is 15.3 Å². The Kier molecular flexibility index (Phi) is 5.51. The largest absolute Gasteiger partial charge is 0.292 e. The molecule has 6 rings (SSSR count). The highest BCUT2D eigenvalue weighted by molar-refractivity contribution is 7.21. The van der Waals surface area contributed by atoms with Crippen molar-refractivity contribution in [1.82, 2.24) is 9.55 Å². The fourth-order valence-electron chi connectivity index (χ4n) is 4.64. The number of allylic oxidation sites excluding steroid dienone is 3. The Labute approximate surface area is 222 Å². The first-order chi connectivity index (χ1) is 18.6. The molecule has 0 fully saturated rings. The number of imidazole rings is 1. The van der Waals surface area contributed by atoms with Crippen molar-refractivity contribution in [2.75, 3.05) is 0 Å². The standard InChI is InChI=1S/C31H15N5OS/c1-33-20-14-12-19(13-15-20)27-17-26-31(38-27)35-28(36(26)21-8-4-3-5-9-21)16-24-29(25(18-32)34-2)22-10-6-7-11-23(22)30(24)37/h3-17H/b24-16-,29-25-. The SMILES string of the molecule is [C-]#[N+]/C(C#N)=C1\C(=C\c2nc3sc(-c4ccc([N+]#[C-])cc4)cc3n2-c2ccccc2)C(=O)c2ccccc21. The molecule has 6 nitrogen and oxygen atoms in total. The van der Waals surface area contributed by atoms with Gasteiger partial charge in [-0.25, -0.2) is 19.9 Å². The van der Waals surface area contributed by atoms with Gasteiger partial charge in [-0.05, 0) is 35.4 Å². The third-order valence-corrected chi connectivity index (χ3v) is 7.43. The van der Waals surface area contributed by atoms with Gasteiger partial charge in [0.1, 0.15) is 10.7 Å². The summed E-state index contributed by atoms with van der Waals surface area (Å²) >= 11 is 1.52. The number of rotatable bonds is 3. The normalized spacial score (nSPS) is 14.7. The molecular formula is C31H15N5OS. The summed E-state index contributed by atoms with van der Waals surface area (Å²) in [6, 6.07) is 28.2. The van der Waals surface area contributed by atoms with Crippen LogP contribution in [0.15, 0.2) is 96.2 Å². The summed E-state index contributed by atoms with van der Waals surface area (Å²) in [5.41, 5.74) is 4.86. The smallest absolute Gasteiger partial charge is 0.270 e. The molecule has 2 aromatic heterocycles. The number of carbonyl (C=O) groups is 1. The third-order valence-electron chi connectivity index (χ3n) is 6.36. The molecule has 0 saturated carbocycles. The number of thiophene rings is 1. The van der Waals surface area contributed by atoms with Gasteiger partial charge in [0, 0.05) is 27.3 Å². The van der Waals surface area contributed by atoms with Gasteiger partial charge in [0.25, 0.3) is 5.70 Å². The molecule has 0 atom stereocenters. The number of nitriles is 1. The van der Waals surface area contributed by atoms with Crippen LogP contribution in [0.2, 0.25) is 0 Å². The molecule has 0 radical (unpaired) electrons. The molecule has 3 aromatic carbocycles. The summed E-state index contributed by atoms with van der Waals surface area (Å²) in [4.78, 5) is 27.0. The number of fused-ring (bicyclic) bond motifs is 2. The van der Waals surface area contributed by atoms with Crippen molar-refractivity contribution in [1.29, 1.82) is 5.26 Å². The molecule has 1 aliphatic rings. The Morgan fingerprint density at radius 1 is 0.974 bits per heavy atom. The summed E-state index contributed by atoms with van der Waals surface area (Å²) in [5.74, 6) is 0.293. The van der Waals surface area contributed by atoms with Crippen LogP contribution in [0.1, 0.15) is 21.7 Å². The summed E-state index contributed by atoms with van der Waals surface area (Å²) < 4.78 is 1.98. The Balaban J connectivity index is 1.58. The predicted molar refractivity (Wildman–Crippen MR) is 149 cm³/mol. The van der Waals surface area contributed by atoms with E-state index in [1.165, 1.54) is 11.3 Å². The van der Waals surface area contributed by atoms with Gasteiger partial charge < -0.3 is 0 Å². The molecule has 0 bridgehead atoms. The van der Waals surface area contributed by atoms with E-state index in [9.17, 15) is 10.1 Å². The van der Waals surface area contributed by atoms with Crippen molar-refractivity contribution in [2.24, 2.45) is 0 Å². The molecule has 2 heterocycles. The van der Waals surface area contributed by atoms with Crippen LogP contribution in [0.3, 0.4) is 0 Å². The number of para-hydroxylation sites is 1. The second-order valence-electron chi connectivity index (χ2n) is 8.48. The molecule has 5 aromatic rings. The van der Waals surface area contributed by atoms with Crippen molar-refractivity contribution in [3.63, 3.8) is 0 Å². The topological polar surface area (TPSA) is 67.4 Å². The number of hydrogen-bond acceptors (Lipinski definition) is 4. The third kappa shape index (κ3) is 3.62. The van der Waals surface area contributed by atoms with Crippen LogP contribution in [0, 0.1) is 24.5 Å². The molecule has 38 heavy (non-hydrogen) atoms. The number of ketones is 1. The molecule has 0 N–H and O–H groups in total. The lowest BCUT2D eigenvalue weighted by Crippen LogP contribution is -2.00. The minimum Gasteiger partial charge on any atom is -0.292 e. The highest BCUT2D eigenvalue weighted by atomic mass is 32.1. The first-order valence-corrected chi connectivity index (χ1v) is 12.4. The molecular weight excluding hydrogens is 490 g/mol. The second kappa shape index (κ2) is 9.15. The zero-order valence-electron chi connectivity index (χ0n) is 19.7. The Morgan fingerprint density at radius 3 is 2.37 bits per heavy atom. The van der Waals surface area contributed by atoms with E-state index < -0.39 is 0 Å². The second-order valence-corrected chi connectivity index (χ2v) is 9.51. The van der Waals surface area contributed by atoms with Crippen LogP contribution >= 0.6 is 11.3 Å². The zero-order valence-corrected chi connectivity index (χ0v) is 20.5. The quantitative estimate of drug-likeness (QED) is 0.143. The maximum absolute atomic E-state index is 13.5. The van der Waals surface area contributed by atoms with E-state index in [1.807, 2.05) is 53.1 Å². The monoisotopic (exact) mass is 505 g/mol. The Morgan fingerprint density at radius 2 is 1.68 bits per heavy atom. The van der Waals surface area contributed by atoms with E-state index in [2.05, 4.69) is 15.8 Å². The highest BCUT2D eigenvalue weighted by Gasteiger charge is 2.32. The lowest BCUT2D eigenvalue weighted by molar-refractivity contribution is 0.104. The number of Topliss-reactive ketones (excluding diaryl/α,β-unsaturated/α-hetero) is 1. The first kappa shape index (κ1) is 22.9. The van der Waals surface area contributed by atoms with Gasteiger partial charge in [-0.3, -0.25) is 9.36 Å². The van der Waals surface area contributed by atoms with E-state index >= 15 is 0 Å². The summed E-state index contributed by atoms with van der Waals surface area (Å²) in [5, 5.41) is 9.67. The van der Waals surface area contributed by atoms with Crippen LogP contribution in [0.25, 0.3) is 47.8 Å². The molecule has 0 amide bonds. The van der Waals surface area contributed by atoms with Crippen molar-refractivity contribution in [3.05, 3.63) is 136 Å². The van der Waals surface area contributed by atoms with Crippen molar-refractivity contribution in [3.8, 4) is 22.2 Å². The van der Waals surface area contributed by atoms with Gasteiger partial charge in [0.15, 0.2) is 11.5 Å². The number of benzene rings is 3. The number of hydrogen-bond donors (Lipinski definition) is 0. The molecule has 7 heteroatoms. The summed E-state index contributed by atoms with van der Waals surface area (Å²) in [6.07, 6.45) is 1.68. The van der Waals surface area contributed by atoms with E-state index in [1.54, 1.807) is 42.5 Å². The highest BCUT2D eigenvalue weighted by Crippen LogP contribution is 2.41. The zero-order chi connectivity index (χ0) is 26.2. The van der Waals surface area contributed by atoms with Gasteiger partial charge in [-0.1, -0.05) is 66.7 Å². The average Bonchev–Trinajstić information content (AvgIpc) is 3.60. The maximum Gasteiger partial charge on any atom is 0.270 e. The maximum atomic E-state index is 13.5. The molecule has 0 aliphatic heterocycles. The molecule has 176 valence electrons. The number of carbonyl (C=O) groups excluding carboxylic acids is 1. The molecule has 1 aliphatic carbocycles. The average molecular weight is 506 g/mol. The lowest BCUT2D eigenvalue weighted by atomic mass is 10.0. The molecule has 0 saturated heterocycles. The van der Waals surface area contributed by atoms with Gasteiger partial charge in [0.05, 0.1) is 24.7 Å². The minimum absolute atomic E-state index is 0.126. The van der Waals surface area contributed by atoms with Gasteiger partial charge >= 0.3 is 0 Å². The van der Waals surface area contributed by atoms with Crippen molar-refractivity contribution in [2.45, 2.75) is 0 Å². The molecule has 0 unspecified atom stereocenters. The van der Waals surface area contributed by atoms with Crippen LogP contribution < -0.4 is 0 Å². The van der Waals surface area contributed by atoms with Crippen LogP contribution in [0.4, 0.5) is 5.69 Å². The van der Waals surface area contributed by atoms with E-state index in [0.29, 0.717) is 28.2 Å². The van der Waals surface area contributed by atoms with Crippen LogP contribution in [0.5, 0.6) is 0 Å². The van der Waals surface area contributed by atoms with Crippen LogP contribution in [-0.2, 0) is 0 Å².